The minimum atomic E-state index is 0.135. The molecule has 0 amide bonds. The van der Waals surface area contributed by atoms with Crippen LogP contribution in [0.4, 0.5) is 0 Å². The summed E-state index contributed by atoms with van der Waals surface area (Å²) < 4.78 is 11.4. The van der Waals surface area contributed by atoms with Crippen molar-refractivity contribution in [2.24, 2.45) is 0 Å². The first-order valence-electron chi connectivity index (χ1n) is 8.73. The molecule has 3 aromatic rings. The highest BCUT2D eigenvalue weighted by Gasteiger charge is 2.22. The maximum Gasteiger partial charge on any atom is 0.168 e. The molecule has 0 unspecified atom stereocenters. The molecule has 1 saturated heterocycles. The van der Waals surface area contributed by atoms with Gasteiger partial charge < -0.3 is 9.15 Å². The summed E-state index contributed by atoms with van der Waals surface area (Å²) in [7, 11) is 0. The predicted octanol–water partition coefficient (Wildman–Crippen LogP) is 4.00. The van der Waals surface area contributed by atoms with Gasteiger partial charge in [0, 0.05) is 37.0 Å². The van der Waals surface area contributed by atoms with E-state index in [0.29, 0.717) is 17.7 Å². The Bertz CT molecular complexity index is 863. The van der Waals surface area contributed by atoms with Crippen LogP contribution in [0.15, 0.2) is 59.0 Å². The van der Waals surface area contributed by atoms with E-state index in [4.69, 9.17) is 9.15 Å². The molecular weight excluding hydrogens is 314 g/mol. The Balaban J connectivity index is 1.66. The van der Waals surface area contributed by atoms with Crippen molar-refractivity contribution in [2.45, 2.75) is 6.42 Å². The second-order valence-corrected chi connectivity index (χ2v) is 6.30. The normalized spacial score (nSPS) is 15.5. The van der Waals surface area contributed by atoms with Gasteiger partial charge in [-0.2, -0.15) is 0 Å². The number of hydrogen-bond donors (Lipinski definition) is 0. The number of morpholine rings is 1. The zero-order valence-electron chi connectivity index (χ0n) is 14.1. The van der Waals surface area contributed by atoms with Crippen LogP contribution in [0.2, 0.25) is 0 Å². The van der Waals surface area contributed by atoms with Crippen LogP contribution in [0.5, 0.6) is 0 Å². The number of ketones is 1. The van der Waals surface area contributed by atoms with Gasteiger partial charge in [0.1, 0.15) is 11.3 Å². The van der Waals surface area contributed by atoms with Gasteiger partial charge in [-0.25, -0.2) is 0 Å². The fourth-order valence-electron chi connectivity index (χ4n) is 3.32. The number of nitrogens with zero attached hydrogens (tertiary/aromatic N) is 1. The third-order valence-electron chi connectivity index (χ3n) is 4.67. The predicted molar refractivity (Wildman–Crippen MR) is 97.9 cm³/mol. The summed E-state index contributed by atoms with van der Waals surface area (Å²) in [4.78, 5) is 15.3. The zero-order chi connectivity index (χ0) is 17.1. The number of rotatable bonds is 5. The van der Waals surface area contributed by atoms with Gasteiger partial charge in [-0.1, -0.05) is 48.5 Å². The van der Waals surface area contributed by atoms with Crippen molar-refractivity contribution >= 4 is 16.8 Å². The minimum Gasteiger partial charge on any atom is -0.455 e. The van der Waals surface area contributed by atoms with Crippen molar-refractivity contribution in [3.63, 3.8) is 0 Å². The number of carbonyl (C=O) groups excluding carboxylic acids is 1. The second-order valence-electron chi connectivity index (χ2n) is 6.30. The first-order chi connectivity index (χ1) is 12.3. The van der Waals surface area contributed by atoms with Crippen LogP contribution in [-0.4, -0.2) is 43.5 Å². The highest BCUT2D eigenvalue weighted by atomic mass is 16.5. The van der Waals surface area contributed by atoms with Crippen molar-refractivity contribution in [1.82, 2.24) is 4.90 Å². The first-order valence-corrected chi connectivity index (χ1v) is 8.73. The summed E-state index contributed by atoms with van der Waals surface area (Å²) in [6.07, 6.45) is 0.489. The number of fused-ring (bicyclic) bond motifs is 1. The second kappa shape index (κ2) is 7.21. The number of para-hydroxylation sites is 1. The first kappa shape index (κ1) is 16.1. The van der Waals surface area contributed by atoms with Gasteiger partial charge >= 0.3 is 0 Å². The number of Topliss-reactive ketones (excluding diaryl/α,β-unsaturated/α-hetero) is 1. The largest absolute Gasteiger partial charge is 0.455 e. The molecule has 0 aliphatic carbocycles. The summed E-state index contributed by atoms with van der Waals surface area (Å²) >= 11 is 0. The van der Waals surface area contributed by atoms with Crippen LogP contribution in [0, 0.1) is 0 Å². The van der Waals surface area contributed by atoms with Crippen LogP contribution >= 0.6 is 0 Å². The lowest BCUT2D eigenvalue weighted by Gasteiger charge is -2.26. The molecule has 1 fully saturated rings. The van der Waals surface area contributed by atoms with E-state index in [2.05, 4.69) is 4.90 Å². The molecule has 4 rings (SSSR count). The van der Waals surface area contributed by atoms with Crippen LogP contribution in [0.3, 0.4) is 0 Å². The van der Waals surface area contributed by atoms with E-state index in [1.54, 1.807) is 0 Å². The summed E-state index contributed by atoms with van der Waals surface area (Å²) in [5.41, 5.74) is 2.40. The van der Waals surface area contributed by atoms with Crippen molar-refractivity contribution < 1.29 is 13.9 Å². The average Bonchev–Trinajstić information content (AvgIpc) is 3.07. The minimum absolute atomic E-state index is 0.135. The quantitative estimate of drug-likeness (QED) is 0.661. The smallest absolute Gasteiger partial charge is 0.168 e. The number of ether oxygens (including phenoxy) is 1. The number of benzene rings is 2. The Hall–Kier alpha value is -2.43. The zero-order valence-corrected chi connectivity index (χ0v) is 14.1. The lowest BCUT2D eigenvalue weighted by molar-refractivity contribution is 0.0370. The van der Waals surface area contributed by atoms with Crippen molar-refractivity contribution in [3.8, 4) is 11.3 Å². The summed E-state index contributed by atoms with van der Waals surface area (Å²) in [5, 5.41) is 0.897. The van der Waals surface area contributed by atoms with E-state index in [1.807, 2.05) is 54.6 Å². The Morgan fingerprint density at radius 1 is 0.960 bits per heavy atom. The van der Waals surface area contributed by atoms with E-state index in [1.165, 1.54) is 0 Å². The number of furan rings is 1. The molecule has 0 atom stereocenters. The molecule has 0 spiro atoms. The Morgan fingerprint density at radius 2 is 1.68 bits per heavy atom. The molecule has 0 radical (unpaired) electrons. The van der Waals surface area contributed by atoms with E-state index in [-0.39, 0.29) is 5.78 Å². The average molecular weight is 335 g/mol. The SMILES string of the molecule is O=C(CCN1CCOCC1)c1c(-c2ccccc2)oc2ccccc12. The van der Waals surface area contributed by atoms with Gasteiger partial charge in [-0.15, -0.1) is 0 Å². The van der Waals surface area contributed by atoms with Crippen molar-refractivity contribution in [3.05, 3.63) is 60.2 Å². The molecule has 2 aromatic carbocycles. The van der Waals surface area contributed by atoms with Crippen LogP contribution in [-0.2, 0) is 4.74 Å². The molecule has 1 aromatic heterocycles. The highest BCUT2D eigenvalue weighted by molar-refractivity contribution is 6.12. The van der Waals surface area contributed by atoms with Crippen LogP contribution in [0.1, 0.15) is 16.8 Å². The van der Waals surface area contributed by atoms with Gasteiger partial charge in [-0.05, 0) is 6.07 Å². The van der Waals surface area contributed by atoms with Gasteiger partial charge in [0.25, 0.3) is 0 Å². The van der Waals surface area contributed by atoms with Gasteiger partial charge in [-0.3, -0.25) is 9.69 Å². The van der Waals surface area contributed by atoms with E-state index in [0.717, 1.165) is 49.4 Å². The third kappa shape index (κ3) is 3.36. The van der Waals surface area contributed by atoms with Crippen molar-refractivity contribution in [1.29, 1.82) is 0 Å². The van der Waals surface area contributed by atoms with Crippen LogP contribution < -0.4 is 0 Å². The molecule has 1 aliphatic rings. The topological polar surface area (TPSA) is 42.7 Å². The third-order valence-corrected chi connectivity index (χ3v) is 4.67. The lowest BCUT2D eigenvalue weighted by Crippen LogP contribution is -2.37. The molecule has 4 nitrogen and oxygen atoms in total. The lowest BCUT2D eigenvalue weighted by atomic mass is 10.00. The molecule has 0 saturated carbocycles. The Morgan fingerprint density at radius 3 is 2.48 bits per heavy atom. The number of hydrogen-bond acceptors (Lipinski definition) is 4. The molecule has 0 N–H and O–H groups in total. The Labute approximate surface area is 147 Å². The van der Waals surface area contributed by atoms with Gasteiger partial charge in [0.2, 0.25) is 0 Å². The fourth-order valence-corrected chi connectivity index (χ4v) is 3.32. The molecule has 2 heterocycles. The molecule has 25 heavy (non-hydrogen) atoms. The standard InChI is InChI=1S/C21H21NO3/c23-18(10-11-22-12-14-24-15-13-22)20-17-8-4-5-9-19(17)25-21(20)16-6-2-1-3-7-16/h1-9H,10-15H2. The highest BCUT2D eigenvalue weighted by Crippen LogP contribution is 2.34. The summed E-state index contributed by atoms with van der Waals surface area (Å²) in [6, 6.07) is 17.6. The molecule has 4 heteroatoms. The molecular formula is C21H21NO3. The Kier molecular flexibility index (Phi) is 4.63. The molecule has 0 bridgehead atoms. The summed E-state index contributed by atoms with van der Waals surface area (Å²) in [5.74, 6) is 0.809. The van der Waals surface area contributed by atoms with Gasteiger partial charge in [0.15, 0.2) is 5.78 Å². The fraction of sp³-hybridized carbons (Fsp3) is 0.286. The maximum atomic E-state index is 13.0. The van der Waals surface area contributed by atoms with Crippen molar-refractivity contribution in [2.75, 3.05) is 32.8 Å². The summed E-state index contributed by atoms with van der Waals surface area (Å²) in [6.45, 7) is 4.04. The van der Waals surface area contributed by atoms with E-state index < -0.39 is 0 Å². The van der Waals surface area contributed by atoms with Gasteiger partial charge in [0.05, 0.1) is 18.8 Å². The molecule has 1 aliphatic heterocycles. The molecule has 128 valence electrons. The van der Waals surface area contributed by atoms with E-state index in [9.17, 15) is 4.79 Å². The maximum absolute atomic E-state index is 13.0. The van der Waals surface area contributed by atoms with Crippen LogP contribution in [0.25, 0.3) is 22.3 Å². The number of carbonyl (C=O) groups is 1. The monoisotopic (exact) mass is 335 g/mol. The van der Waals surface area contributed by atoms with E-state index >= 15 is 0 Å².